The van der Waals surface area contributed by atoms with Crippen molar-refractivity contribution in [3.8, 4) is 0 Å². The molecule has 0 spiro atoms. The van der Waals surface area contributed by atoms with Gasteiger partial charge in [0.05, 0.1) is 6.04 Å². The highest BCUT2D eigenvalue weighted by atomic mass is 16.2. The van der Waals surface area contributed by atoms with Crippen molar-refractivity contribution >= 4 is 5.91 Å². The van der Waals surface area contributed by atoms with Crippen LogP contribution in [0.25, 0.3) is 0 Å². The Hall–Kier alpha value is -2.10. The van der Waals surface area contributed by atoms with E-state index in [0.717, 1.165) is 11.3 Å². The van der Waals surface area contributed by atoms with Crippen LogP contribution in [0.15, 0.2) is 36.4 Å². The monoisotopic (exact) mass is 271 g/mol. The van der Waals surface area contributed by atoms with Gasteiger partial charge in [-0.15, -0.1) is 0 Å². The predicted molar refractivity (Wildman–Crippen MR) is 79.7 cm³/mol. The van der Waals surface area contributed by atoms with Gasteiger partial charge in [0.15, 0.2) is 0 Å². The Kier molecular flexibility index (Phi) is 4.23. The summed E-state index contributed by atoms with van der Waals surface area (Å²) in [6.07, 6.45) is 0. The van der Waals surface area contributed by atoms with E-state index in [2.05, 4.69) is 10.4 Å². The second kappa shape index (κ2) is 5.90. The van der Waals surface area contributed by atoms with Crippen molar-refractivity contribution < 1.29 is 4.79 Å². The van der Waals surface area contributed by atoms with E-state index >= 15 is 0 Å². The molecule has 1 atom stereocenters. The summed E-state index contributed by atoms with van der Waals surface area (Å²) in [5.74, 6) is -0.135. The van der Waals surface area contributed by atoms with Crippen LogP contribution in [0, 0.1) is 6.92 Å². The zero-order valence-electron chi connectivity index (χ0n) is 12.4. The Labute approximate surface area is 119 Å². The lowest BCUT2D eigenvalue weighted by Crippen LogP contribution is -2.27. The fourth-order valence-corrected chi connectivity index (χ4v) is 2.22. The van der Waals surface area contributed by atoms with Crippen LogP contribution in [0.4, 0.5) is 0 Å². The third kappa shape index (κ3) is 3.07. The molecule has 0 saturated heterocycles. The van der Waals surface area contributed by atoms with E-state index in [1.807, 2.05) is 68.8 Å². The maximum atomic E-state index is 12.2. The number of hydrogen-bond acceptors (Lipinski definition) is 2. The molecule has 20 heavy (non-hydrogen) atoms. The highest BCUT2D eigenvalue weighted by Gasteiger charge is 2.16. The normalized spacial score (nSPS) is 12.4. The first-order valence-corrected chi connectivity index (χ1v) is 6.91. The van der Waals surface area contributed by atoms with Crippen LogP contribution >= 0.6 is 0 Å². The van der Waals surface area contributed by atoms with E-state index in [-0.39, 0.29) is 18.0 Å². The van der Waals surface area contributed by atoms with Crippen molar-refractivity contribution in [3.05, 3.63) is 53.3 Å². The molecule has 4 nitrogen and oxygen atoms in total. The van der Waals surface area contributed by atoms with Gasteiger partial charge < -0.3 is 5.32 Å². The van der Waals surface area contributed by atoms with Gasteiger partial charge in [-0.05, 0) is 39.3 Å². The van der Waals surface area contributed by atoms with Gasteiger partial charge in [0, 0.05) is 11.7 Å². The minimum Gasteiger partial charge on any atom is -0.344 e. The van der Waals surface area contributed by atoms with Crippen LogP contribution in [0.2, 0.25) is 0 Å². The van der Waals surface area contributed by atoms with Gasteiger partial charge in [-0.3, -0.25) is 9.48 Å². The Morgan fingerprint density at radius 2 is 1.85 bits per heavy atom. The summed E-state index contributed by atoms with van der Waals surface area (Å²) >= 11 is 0. The molecule has 0 fully saturated rings. The van der Waals surface area contributed by atoms with Gasteiger partial charge >= 0.3 is 0 Å². The minimum atomic E-state index is -0.135. The number of rotatable bonds is 4. The smallest absolute Gasteiger partial charge is 0.272 e. The molecule has 0 aliphatic rings. The fraction of sp³-hybridized carbons (Fsp3) is 0.375. The van der Waals surface area contributed by atoms with Crippen molar-refractivity contribution in [1.29, 1.82) is 0 Å². The number of aromatic nitrogens is 2. The quantitative estimate of drug-likeness (QED) is 0.927. The van der Waals surface area contributed by atoms with Gasteiger partial charge in [0.1, 0.15) is 5.69 Å². The molecule has 106 valence electrons. The zero-order chi connectivity index (χ0) is 14.7. The first kappa shape index (κ1) is 14.3. The lowest BCUT2D eigenvalue weighted by Gasteiger charge is -2.13. The van der Waals surface area contributed by atoms with Crippen molar-refractivity contribution in [2.24, 2.45) is 0 Å². The highest BCUT2D eigenvalue weighted by molar-refractivity contribution is 5.92. The van der Waals surface area contributed by atoms with E-state index in [0.29, 0.717) is 5.69 Å². The molecule has 1 N–H and O–H groups in total. The molecule has 1 unspecified atom stereocenters. The lowest BCUT2D eigenvalue weighted by molar-refractivity contribution is 0.0934. The Morgan fingerprint density at radius 1 is 1.20 bits per heavy atom. The first-order chi connectivity index (χ1) is 9.49. The maximum Gasteiger partial charge on any atom is 0.272 e. The van der Waals surface area contributed by atoms with Gasteiger partial charge in [-0.25, -0.2) is 0 Å². The average Bonchev–Trinajstić information content (AvgIpc) is 2.82. The third-order valence-corrected chi connectivity index (χ3v) is 3.29. The van der Waals surface area contributed by atoms with Gasteiger partial charge in [0.2, 0.25) is 0 Å². The van der Waals surface area contributed by atoms with Crippen LogP contribution in [0.5, 0.6) is 0 Å². The van der Waals surface area contributed by atoms with Crippen LogP contribution in [0.1, 0.15) is 54.6 Å². The molecule has 0 bridgehead atoms. The first-order valence-electron chi connectivity index (χ1n) is 6.91. The van der Waals surface area contributed by atoms with Crippen molar-refractivity contribution in [2.45, 2.75) is 39.8 Å². The van der Waals surface area contributed by atoms with Crippen molar-refractivity contribution in [3.63, 3.8) is 0 Å². The largest absolute Gasteiger partial charge is 0.344 e. The summed E-state index contributed by atoms with van der Waals surface area (Å²) < 4.78 is 1.86. The fourth-order valence-electron chi connectivity index (χ4n) is 2.22. The number of carbonyl (C=O) groups excluding carboxylic acids is 1. The molecule has 1 amide bonds. The molecular formula is C16H21N3O. The van der Waals surface area contributed by atoms with Gasteiger partial charge in [0.25, 0.3) is 5.91 Å². The molecule has 0 radical (unpaired) electrons. The van der Waals surface area contributed by atoms with Crippen LogP contribution in [0.3, 0.4) is 0 Å². The summed E-state index contributed by atoms with van der Waals surface area (Å²) in [6, 6.07) is 12.0. The molecule has 2 rings (SSSR count). The Balaban J connectivity index is 2.11. The summed E-state index contributed by atoms with van der Waals surface area (Å²) in [5.41, 5.74) is 2.55. The maximum absolute atomic E-state index is 12.2. The van der Waals surface area contributed by atoms with Crippen LogP contribution in [-0.2, 0) is 0 Å². The molecule has 4 heteroatoms. The van der Waals surface area contributed by atoms with Crippen LogP contribution < -0.4 is 5.32 Å². The number of amides is 1. The molecule has 2 aromatic rings. The minimum absolute atomic E-state index is 0.0341. The van der Waals surface area contributed by atoms with E-state index in [4.69, 9.17) is 0 Å². The summed E-state index contributed by atoms with van der Waals surface area (Å²) in [5, 5.41) is 7.34. The SMILES string of the molecule is Cc1cc(C(=O)NC(C)c2ccccc2)nn1C(C)C. The molecule has 1 aromatic heterocycles. The van der Waals surface area contributed by atoms with Crippen LogP contribution in [-0.4, -0.2) is 15.7 Å². The average molecular weight is 271 g/mol. The number of aryl methyl sites for hydroxylation is 1. The predicted octanol–water partition coefficient (Wildman–Crippen LogP) is 3.26. The number of nitrogens with zero attached hydrogens (tertiary/aromatic N) is 2. The van der Waals surface area contributed by atoms with E-state index < -0.39 is 0 Å². The summed E-state index contributed by atoms with van der Waals surface area (Å²) in [6.45, 7) is 8.03. The molecule has 1 heterocycles. The summed E-state index contributed by atoms with van der Waals surface area (Å²) in [7, 11) is 0. The second-order valence-electron chi connectivity index (χ2n) is 5.32. The van der Waals surface area contributed by atoms with Crippen molar-refractivity contribution in [2.75, 3.05) is 0 Å². The van der Waals surface area contributed by atoms with E-state index in [9.17, 15) is 4.79 Å². The molecular weight excluding hydrogens is 250 g/mol. The number of carbonyl (C=O) groups is 1. The van der Waals surface area contributed by atoms with Gasteiger partial charge in [-0.2, -0.15) is 5.10 Å². The van der Waals surface area contributed by atoms with Gasteiger partial charge in [-0.1, -0.05) is 30.3 Å². The molecule has 1 aromatic carbocycles. The second-order valence-corrected chi connectivity index (χ2v) is 5.32. The number of hydrogen-bond donors (Lipinski definition) is 1. The molecule has 0 saturated carbocycles. The Bertz CT molecular complexity index is 587. The number of benzene rings is 1. The lowest BCUT2D eigenvalue weighted by atomic mass is 10.1. The molecule has 0 aliphatic carbocycles. The number of nitrogens with one attached hydrogen (secondary N) is 1. The third-order valence-electron chi connectivity index (χ3n) is 3.29. The standard InChI is InChI=1S/C16H21N3O/c1-11(2)19-12(3)10-15(18-19)16(20)17-13(4)14-8-6-5-7-9-14/h5-11,13H,1-4H3,(H,17,20). The topological polar surface area (TPSA) is 46.9 Å². The van der Waals surface area contributed by atoms with Crippen molar-refractivity contribution in [1.82, 2.24) is 15.1 Å². The zero-order valence-corrected chi connectivity index (χ0v) is 12.4. The highest BCUT2D eigenvalue weighted by Crippen LogP contribution is 2.14. The summed E-state index contributed by atoms with van der Waals surface area (Å²) in [4.78, 5) is 12.2. The van der Waals surface area contributed by atoms with E-state index in [1.165, 1.54) is 0 Å². The van der Waals surface area contributed by atoms with E-state index in [1.54, 1.807) is 0 Å². The molecule has 0 aliphatic heterocycles. The Morgan fingerprint density at radius 3 is 2.40 bits per heavy atom.